The van der Waals surface area contributed by atoms with Gasteiger partial charge in [0, 0.05) is 18.0 Å². The van der Waals surface area contributed by atoms with E-state index in [4.69, 9.17) is 11.6 Å². The number of rotatable bonds is 5. The minimum Gasteiger partial charge on any atom is -0.347 e. The maximum Gasteiger partial charge on any atom is 0.242 e. The second-order valence-electron chi connectivity index (χ2n) is 6.63. The highest BCUT2D eigenvalue weighted by atomic mass is 35.5. The van der Waals surface area contributed by atoms with Crippen LogP contribution in [0.3, 0.4) is 0 Å². The quantitative estimate of drug-likeness (QED) is 0.889. The van der Waals surface area contributed by atoms with Crippen molar-refractivity contribution < 1.29 is 4.79 Å². The van der Waals surface area contributed by atoms with E-state index >= 15 is 0 Å². The van der Waals surface area contributed by atoms with Crippen LogP contribution >= 0.6 is 11.6 Å². The van der Waals surface area contributed by atoms with Gasteiger partial charge in [-0.3, -0.25) is 9.69 Å². The van der Waals surface area contributed by atoms with Crippen LogP contribution in [-0.4, -0.2) is 39.7 Å². The number of nitrogens with zero attached hydrogens (tertiary/aromatic N) is 4. The van der Waals surface area contributed by atoms with Gasteiger partial charge in [-0.05, 0) is 44.6 Å². The van der Waals surface area contributed by atoms with Crippen molar-refractivity contribution in [2.24, 2.45) is 0 Å². The maximum atomic E-state index is 12.8. The Balaban J connectivity index is 1.70. The fourth-order valence-corrected chi connectivity index (χ4v) is 3.39. The Morgan fingerprint density at radius 3 is 2.72 bits per heavy atom. The molecule has 0 radical (unpaired) electrons. The van der Waals surface area contributed by atoms with Crippen molar-refractivity contribution >= 4 is 17.5 Å². The van der Waals surface area contributed by atoms with Gasteiger partial charge < -0.3 is 9.88 Å². The topological polar surface area (TPSA) is 63.1 Å². The van der Waals surface area contributed by atoms with Crippen molar-refractivity contribution in [1.29, 1.82) is 0 Å². The molecule has 2 aromatic rings. The Morgan fingerprint density at radius 1 is 1.24 bits per heavy atom. The summed E-state index contributed by atoms with van der Waals surface area (Å²) in [6.45, 7) is 1.32. The van der Waals surface area contributed by atoms with E-state index in [-0.39, 0.29) is 11.9 Å². The Labute approximate surface area is 153 Å². The summed E-state index contributed by atoms with van der Waals surface area (Å²) >= 11 is 5.95. The first kappa shape index (κ1) is 17.9. The summed E-state index contributed by atoms with van der Waals surface area (Å²) in [6, 6.07) is 7.01. The van der Waals surface area contributed by atoms with E-state index < -0.39 is 0 Å². The third kappa shape index (κ3) is 4.19. The van der Waals surface area contributed by atoms with Gasteiger partial charge in [0.1, 0.15) is 11.9 Å². The van der Waals surface area contributed by atoms with Gasteiger partial charge in [0.2, 0.25) is 5.91 Å². The molecule has 1 aliphatic heterocycles. The lowest BCUT2D eigenvalue weighted by Crippen LogP contribution is -2.37. The van der Waals surface area contributed by atoms with Gasteiger partial charge in [-0.2, -0.15) is 0 Å². The summed E-state index contributed by atoms with van der Waals surface area (Å²) in [7, 11) is 3.78. The summed E-state index contributed by atoms with van der Waals surface area (Å²) in [5, 5.41) is 12.2. The zero-order valence-corrected chi connectivity index (χ0v) is 15.5. The lowest BCUT2D eigenvalue weighted by molar-refractivity contribution is -0.126. The number of hydrogen-bond donors (Lipinski definition) is 1. The van der Waals surface area contributed by atoms with Crippen LogP contribution in [0.1, 0.15) is 42.5 Å². The molecule has 1 amide bonds. The number of hydrogen-bond acceptors (Lipinski definition) is 4. The number of carbonyl (C=O) groups excluding carboxylic acids is 1. The molecular weight excluding hydrogens is 338 g/mol. The summed E-state index contributed by atoms with van der Waals surface area (Å²) in [5.41, 5.74) is 0.909. The molecule has 6 nitrogen and oxygen atoms in total. The van der Waals surface area contributed by atoms with Gasteiger partial charge in [-0.1, -0.05) is 30.2 Å². The number of benzene rings is 1. The Kier molecular flexibility index (Phi) is 5.71. The molecule has 1 unspecified atom stereocenters. The summed E-state index contributed by atoms with van der Waals surface area (Å²) in [4.78, 5) is 14.6. The Hall–Kier alpha value is -1.92. The predicted octanol–water partition coefficient (Wildman–Crippen LogP) is 2.58. The Bertz CT molecular complexity index is 726. The lowest BCUT2D eigenvalue weighted by Gasteiger charge is -2.24. The number of amides is 1. The van der Waals surface area contributed by atoms with Gasteiger partial charge in [-0.25, -0.2) is 0 Å². The summed E-state index contributed by atoms with van der Waals surface area (Å²) in [6.07, 6.45) is 4.47. The van der Waals surface area contributed by atoms with Gasteiger partial charge in [0.05, 0.1) is 6.54 Å². The summed E-state index contributed by atoms with van der Waals surface area (Å²) in [5.74, 6) is 1.81. The largest absolute Gasteiger partial charge is 0.347 e. The third-order valence-electron chi connectivity index (χ3n) is 4.56. The maximum absolute atomic E-state index is 12.8. The third-order valence-corrected chi connectivity index (χ3v) is 4.81. The molecule has 3 rings (SSSR count). The first-order valence-corrected chi connectivity index (χ1v) is 9.04. The van der Waals surface area contributed by atoms with Crippen LogP contribution in [0.5, 0.6) is 0 Å². The number of likely N-dealkylation sites (N-methyl/N-ethyl adjacent to an activating group) is 1. The molecule has 1 aromatic heterocycles. The van der Waals surface area contributed by atoms with Crippen LogP contribution in [0.2, 0.25) is 5.02 Å². The highest BCUT2D eigenvalue weighted by Crippen LogP contribution is 2.21. The molecule has 1 aliphatic rings. The minimum absolute atomic E-state index is 0.0571. The van der Waals surface area contributed by atoms with Crippen molar-refractivity contribution in [3.8, 4) is 0 Å². The van der Waals surface area contributed by atoms with Crippen LogP contribution in [0, 0.1) is 0 Å². The van der Waals surface area contributed by atoms with Crippen LogP contribution < -0.4 is 5.32 Å². The van der Waals surface area contributed by atoms with Gasteiger partial charge in [0.15, 0.2) is 5.82 Å². The molecule has 1 N–H and O–H groups in total. The SMILES string of the molecule is CN(C)C(C(=O)NCc1nnc2n1CCCCC2)c1ccc(Cl)cc1. The number of carbonyl (C=O) groups is 1. The van der Waals surface area contributed by atoms with Crippen molar-refractivity contribution in [3.63, 3.8) is 0 Å². The van der Waals surface area contributed by atoms with Crippen molar-refractivity contribution in [2.75, 3.05) is 14.1 Å². The molecule has 7 heteroatoms. The zero-order chi connectivity index (χ0) is 17.8. The van der Waals surface area contributed by atoms with E-state index in [9.17, 15) is 4.79 Å². The molecule has 2 heterocycles. The van der Waals surface area contributed by atoms with E-state index in [1.165, 1.54) is 6.42 Å². The van der Waals surface area contributed by atoms with E-state index in [2.05, 4.69) is 20.1 Å². The first-order chi connectivity index (χ1) is 12.1. The number of aromatic nitrogens is 3. The molecule has 1 atom stereocenters. The average Bonchev–Trinajstić information content (AvgIpc) is 2.81. The van der Waals surface area contributed by atoms with Crippen LogP contribution in [-0.2, 0) is 24.3 Å². The minimum atomic E-state index is -0.371. The molecule has 25 heavy (non-hydrogen) atoms. The van der Waals surface area contributed by atoms with E-state index in [0.717, 1.165) is 43.0 Å². The fourth-order valence-electron chi connectivity index (χ4n) is 3.27. The molecule has 1 aromatic carbocycles. The first-order valence-electron chi connectivity index (χ1n) is 8.67. The predicted molar refractivity (Wildman–Crippen MR) is 97.3 cm³/mol. The molecule has 0 fully saturated rings. The van der Waals surface area contributed by atoms with Crippen LogP contribution in [0.4, 0.5) is 0 Å². The number of halogens is 1. The van der Waals surface area contributed by atoms with Gasteiger partial charge in [-0.15, -0.1) is 10.2 Å². The molecule has 0 bridgehead atoms. The van der Waals surface area contributed by atoms with Crippen molar-refractivity contribution in [3.05, 3.63) is 46.5 Å². The molecule has 134 valence electrons. The average molecular weight is 362 g/mol. The van der Waals surface area contributed by atoms with E-state index in [1.54, 1.807) is 12.1 Å². The number of fused-ring (bicyclic) bond motifs is 1. The van der Waals surface area contributed by atoms with Crippen LogP contribution in [0.25, 0.3) is 0 Å². The molecule has 0 saturated heterocycles. The molecule has 0 spiro atoms. The van der Waals surface area contributed by atoms with E-state index in [0.29, 0.717) is 11.6 Å². The van der Waals surface area contributed by atoms with Crippen molar-refractivity contribution in [2.45, 2.75) is 44.8 Å². The fraction of sp³-hybridized carbons (Fsp3) is 0.500. The lowest BCUT2D eigenvalue weighted by atomic mass is 10.1. The molecule has 0 aliphatic carbocycles. The van der Waals surface area contributed by atoms with Gasteiger partial charge in [0.25, 0.3) is 0 Å². The van der Waals surface area contributed by atoms with Crippen LogP contribution in [0.15, 0.2) is 24.3 Å². The standard InChI is InChI=1S/C18H24ClN5O/c1-23(2)17(13-7-9-14(19)10-8-13)18(25)20-12-16-22-21-15-6-4-3-5-11-24(15)16/h7-10,17H,3-6,11-12H2,1-2H3,(H,20,25). The smallest absolute Gasteiger partial charge is 0.242 e. The van der Waals surface area contributed by atoms with Gasteiger partial charge >= 0.3 is 0 Å². The second-order valence-corrected chi connectivity index (χ2v) is 7.07. The highest BCUT2D eigenvalue weighted by Gasteiger charge is 2.23. The number of aryl methyl sites for hydroxylation is 1. The normalized spacial score (nSPS) is 15.5. The monoisotopic (exact) mass is 361 g/mol. The second kappa shape index (κ2) is 7.97. The summed E-state index contributed by atoms with van der Waals surface area (Å²) < 4.78 is 2.15. The highest BCUT2D eigenvalue weighted by molar-refractivity contribution is 6.30. The number of nitrogens with one attached hydrogen (secondary N) is 1. The van der Waals surface area contributed by atoms with Crippen molar-refractivity contribution in [1.82, 2.24) is 25.0 Å². The van der Waals surface area contributed by atoms with E-state index in [1.807, 2.05) is 31.1 Å². The molecule has 0 saturated carbocycles. The Morgan fingerprint density at radius 2 is 2.00 bits per heavy atom. The zero-order valence-electron chi connectivity index (χ0n) is 14.7. The molecular formula is C18H24ClN5O.